The maximum atomic E-state index is 12.1. The Labute approximate surface area is 116 Å². The van der Waals surface area contributed by atoms with Gasteiger partial charge in [0, 0.05) is 24.6 Å². The Morgan fingerprint density at radius 2 is 2.20 bits per heavy atom. The monoisotopic (exact) mass is 276 g/mol. The van der Waals surface area contributed by atoms with Gasteiger partial charge in [0.05, 0.1) is 12.7 Å². The average Bonchev–Trinajstić information content (AvgIpc) is 2.46. The van der Waals surface area contributed by atoms with Crippen LogP contribution in [0.3, 0.4) is 0 Å². The highest BCUT2D eigenvalue weighted by atomic mass is 16.5. The first kappa shape index (κ1) is 14.0. The van der Waals surface area contributed by atoms with Crippen molar-refractivity contribution >= 4 is 23.5 Å². The van der Waals surface area contributed by atoms with Gasteiger partial charge in [-0.3, -0.25) is 9.59 Å². The minimum absolute atomic E-state index is 0.111. The van der Waals surface area contributed by atoms with Gasteiger partial charge in [0.15, 0.2) is 0 Å². The molecule has 1 unspecified atom stereocenters. The summed E-state index contributed by atoms with van der Waals surface area (Å²) in [6.45, 7) is 0.513. The summed E-state index contributed by atoms with van der Waals surface area (Å²) < 4.78 is 4.62. The number of amides is 2. The minimum Gasteiger partial charge on any atom is -0.465 e. The van der Waals surface area contributed by atoms with Crippen LogP contribution in [0.4, 0.5) is 5.69 Å². The van der Waals surface area contributed by atoms with Gasteiger partial charge in [-0.1, -0.05) is 6.07 Å². The van der Waals surface area contributed by atoms with Gasteiger partial charge in [-0.15, -0.1) is 0 Å². The average molecular weight is 276 g/mol. The molecular weight excluding hydrogens is 260 g/mol. The SMILES string of the molecule is COC(=O)c1cccc(NC(=O)C2CCNC(=O)C2)c1. The van der Waals surface area contributed by atoms with Gasteiger partial charge >= 0.3 is 5.97 Å². The van der Waals surface area contributed by atoms with E-state index < -0.39 is 5.97 Å². The topological polar surface area (TPSA) is 84.5 Å². The van der Waals surface area contributed by atoms with Gasteiger partial charge in [-0.2, -0.15) is 0 Å². The molecule has 20 heavy (non-hydrogen) atoms. The van der Waals surface area contributed by atoms with Crippen LogP contribution in [0.25, 0.3) is 0 Å². The van der Waals surface area contributed by atoms with Crippen molar-refractivity contribution in [3.63, 3.8) is 0 Å². The predicted octanol–water partition coefficient (Wildman–Crippen LogP) is 0.938. The first-order chi connectivity index (χ1) is 9.60. The summed E-state index contributed by atoms with van der Waals surface area (Å²) in [5, 5.41) is 5.41. The zero-order chi connectivity index (χ0) is 14.5. The predicted molar refractivity (Wildman–Crippen MR) is 72.1 cm³/mol. The Kier molecular flexibility index (Phi) is 4.34. The number of piperidine rings is 1. The van der Waals surface area contributed by atoms with Crippen LogP contribution in [0.5, 0.6) is 0 Å². The Hall–Kier alpha value is -2.37. The van der Waals surface area contributed by atoms with Crippen molar-refractivity contribution in [1.82, 2.24) is 5.32 Å². The van der Waals surface area contributed by atoms with Crippen molar-refractivity contribution in [2.24, 2.45) is 5.92 Å². The summed E-state index contributed by atoms with van der Waals surface area (Å²) in [5.41, 5.74) is 0.885. The highest BCUT2D eigenvalue weighted by Gasteiger charge is 2.25. The maximum Gasteiger partial charge on any atom is 0.337 e. The summed E-state index contributed by atoms with van der Waals surface area (Å²) in [4.78, 5) is 34.7. The molecule has 0 bridgehead atoms. The molecule has 1 atom stereocenters. The zero-order valence-corrected chi connectivity index (χ0v) is 11.1. The molecule has 1 aliphatic rings. The Bertz CT molecular complexity index is 542. The fraction of sp³-hybridized carbons (Fsp3) is 0.357. The third-order valence-corrected chi connectivity index (χ3v) is 3.17. The van der Waals surface area contributed by atoms with Crippen molar-refractivity contribution < 1.29 is 19.1 Å². The molecule has 2 amide bonds. The molecule has 1 saturated heterocycles. The summed E-state index contributed by atoms with van der Waals surface area (Å²) in [7, 11) is 1.30. The van der Waals surface area contributed by atoms with Crippen LogP contribution in [0.1, 0.15) is 23.2 Å². The van der Waals surface area contributed by atoms with E-state index in [0.29, 0.717) is 24.2 Å². The van der Waals surface area contributed by atoms with Crippen LogP contribution in [0.2, 0.25) is 0 Å². The van der Waals surface area contributed by atoms with E-state index in [9.17, 15) is 14.4 Å². The fourth-order valence-corrected chi connectivity index (χ4v) is 2.09. The number of hydrogen-bond acceptors (Lipinski definition) is 4. The van der Waals surface area contributed by atoms with Gasteiger partial charge in [-0.25, -0.2) is 4.79 Å². The van der Waals surface area contributed by atoms with E-state index in [1.165, 1.54) is 7.11 Å². The van der Waals surface area contributed by atoms with Gasteiger partial charge in [0.25, 0.3) is 0 Å². The van der Waals surface area contributed by atoms with Crippen molar-refractivity contribution in [2.45, 2.75) is 12.8 Å². The highest BCUT2D eigenvalue weighted by molar-refractivity contribution is 5.97. The number of benzene rings is 1. The van der Waals surface area contributed by atoms with Crippen LogP contribution in [0.15, 0.2) is 24.3 Å². The molecule has 2 N–H and O–H groups in total. The standard InChI is InChI=1S/C14H16N2O4/c1-20-14(19)10-3-2-4-11(7-10)16-13(18)9-5-6-15-12(17)8-9/h2-4,7,9H,5-6,8H2,1H3,(H,15,17)(H,16,18). The lowest BCUT2D eigenvalue weighted by molar-refractivity contribution is -0.129. The highest BCUT2D eigenvalue weighted by Crippen LogP contribution is 2.17. The molecule has 6 heteroatoms. The molecule has 0 saturated carbocycles. The molecule has 1 heterocycles. The van der Waals surface area contributed by atoms with Crippen LogP contribution in [-0.4, -0.2) is 31.4 Å². The second-order valence-corrected chi connectivity index (χ2v) is 4.60. The van der Waals surface area contributed by atoms with E-state index in [2.05, 4.69) is 15.4 Å². The Balaban J connectivity index is 2.04. The number of carbonyl (C=O) groups excluding carboxylic acids is 3. The normalized spacial score (nSPS) is 18.1. The van der Waals surface area contributed by atoms with E-state index in [1.54, 1.807) is 24.3 Å². The lowest BCUT2D eigenvalue weighted by atomic mass is 9.96. The van der Waals surface area contributed by atoms with E-state index >= 15 is 0 Å². The molecule has 1 aromatic carbocycles. The number of anilines is 1. The second kappa shape index (κ2) is 6.18. The summed E-state index contributed by atoms with van der Waals surface area (Å²) in [5.74, 6) is -1.11. The molecule has 106 valence electrons. The van der Waals surface area contributed by atoms with Gasteiger partial charge < -0.3 is 15.4 Å². The van der Waals surface area contributed by atoms with Crippen molar-refractivity contribution in [3.8, 4) is 0 Å². The molecule has 6 nitrogen and oxygen atoms in total. The van der Waals surface area contributed by atoms with E-state index in [0.717, 1.165) is 0 Å². The fourth-order valence-electron chi connectivity index (χ4n) is 2.09. The largest absolute Gasteiger partial charge is 0.465 e. The first-order valence-corrected chi connectivity index (χ1v) is 6.36. The van der Waals surface area contributed by atoms with E-state index in [4.69, 9.17) is 0 Å². The number of methoxy groups -OCH3 is 1. The van der Waals surface area contributed by atoms with E-state index in [1.807, 2.05) is 0 Å². The van der Waals surface area contributed by atoms with Gasteiger partial charge in [-0.05, 0) is 24.6 Å². The lowest BCUT2D eigenvalue weighted by Gasteiger charge is -2.21. The summed E-state index contributed by atoms with van der Waals surface area (Å²) in [6, 6.07) is 6.50. The first-order valence-electron chi connectivity index (χ1n) is 6.36. The molecule has 1 aliphatic heterocycles. The van der Waals surface area contributed by atoms with Gasteiger partial charge in [0.1, 0.15) is 0 Å². The molecule has 1 aromatic rings. The number of ether oxygens (including phenoxy) is 1. The minimum atomic E-state index is -0.460. The van der Waals surface area contributed by atoms with Crippen LogP contribution in [0, 0.1) is 5.92 Å². The van der Waals surface area contributed by atoms with Crippen molar-refractivity contribution in [3.05, 3.63) is 29.8 Å². The number of esters is 1. The molecule has 0 aliphatic carbocycles. The Morgan fingerprint density at radius 3 is 2.90 bits per heavy atom. The van der Waals surface area contributed by atoms with Crippen LogP contribution in [-0.2, 0) is 14.3 Å². The second-order valence-electron chi connectivity index (χ2n) is 4.60. The molecule has 2 rings (SSSR count). The Morgan fingerprint density at radius 1 is 1.40 bits per heavy atom. The van der Waals surface area contributed by atoms with Crippen molar-refractivity contribution in [2.75, 3.05) is 19.0 Å². The number of carbonyl (C=O) groups is 3. The summed E-state index contributed by atoms with van der Waals surface area (Å²) >= 11 is 0. The van der Waals surface area contributed by atoms with Crippen LogP contribution >= 0.6 is 0 Å². The molecular formula is C14H16N2O4. The lowest BCUT2D eigenvalue weighted by Crippen LogP contribution is -2.38. The third kappa shape index (κ3) is 3.34. The molecule has 0 radical (unpaired) electrons. The van der Waals surface area contributed by atoms with E-state index in [-0.39, 0.29) is 24.2 Å². The van der Waals surface area contributed by atoms with Crippen LogP contribution < -0.4 is 10.6 Å². The zero-order valence-electron chi connectivity index (χ0n) is 11.1. The molecule has 0 aromatic heterocycles. The number of nitrogens with one attached hydrogen (secondary N) is 2. The number of hydrogen-bond donors (Lipinski definition) is 2. The quantitative estimate of drug-likeness (QED) is 0.805. The molecule has 0 spiro atoms. The van der Waals surface area contributed by atoms with Crippen molar-refractivity contribution in [1.29, 1.82) is 0 Å². The maximum absolute atomic E-state index is 12.1. The molecule has 1 fully saturated rings. The smallest absolute Gasteiger partial charge is 0.337 e. The third-order valence-electron chi connectivity index (χ3n) is 3.17. The summed E-state index contributed by atoms with van der Waals surface area (Å²) in [6.07, 6.45) is 0.816. The number of rotatable bonds is 3. The van der Waals surface area contributed by atoms with Gasteiger partial charge in [0.2, 0.25) is 11.8 Å².